The number of carbonyl (C=O) groups excluding carboxylic acids is 1. The van der Waals surface area contributed by atoms with Gasteiger partial charge in [-0.15, -0.1) is 0 Å². The molecule has 2 aliphatic rings. The average molecular weight is 383 g/mol. The van der Waals surface area contributed by atoms with E-state index in [-0.39, 0.29) is 12.5 Å². The molecular weight excluding hydrogens is 352 g/mol. The van der Waals surface area contributed by atoms with Gasteiger partial charge in [-0.2, -0.15) is 5.10 Å². The second-order valence-electron chi connectivity index (χ2n) is 8.06. The van der Waals surface area contributed by atoms with Crippen LogP contribution in [-0.4, -0.2) is 62.7 Å². The molecule has 0 unspecified atom stereocenters. The van der Waals surface area contributed by atoms with E-state index in [1.54, 1.807) is 4.68 Å². The standard InChI is InChI=1S/C21H30N6O/c1-15-23-16(2)27(24-15)14-21(28)26-12-17-6-4-5-7-20(17)22-11-10-18-8-9-19(13-26)25(18)3/h4-7,18-19,22H,8-14H2,1-3H3/t18-,19+/m0/s1. The van der Waals surface area contributed by atoms with Crippen molar-refractivity contribution in [2.24, 2.45) is 0 Å². The average Bonchev–Trinajstić information content (AvgIpc) is 3.16. The normalized spacial score (nSPS) is 23.0. The molecule has 0 aliphatic carbocycles. The zero-order valence-electron chi connectivity index (χ0n) is 17.1. The summed E-state index contributed by atoms with van der Waals surface area (Å²) in [7, 11) is 2.21. The summed E-state index contributed by atoms with van der Waals surface area (Å²) in [5.41, 5.74) is 2.30. The second-order valence-corrected chi connectivity index (χ2v) is 8.06. The third-order valence-electron chi connectivity index (χ3n) is 6.19. The van der Waals surface area contributed by atoms with Crippen LogP contribution < -0.4 is 5.32 Å². The highest BCUT2D eigenvalue weighted by Crippen LogP contribution is 2.28. The van der Waals surface area contributed by atoms with E-state index in [4.69, 9.17) is 0 Å². The second kappa shape index (κ2) is 7.91. The van der Waals surface area contributed by atoms with Crippen molar-refractivity contribution in [2.45, 2.75) is 58.3 Å². The molecule has 1 amide bonds. The summed E-state index contributed by atoms with van der Waals surface area (Å²) in [5, 5.41) is 7.97. The lowest BCUT2D eigenvalue weighted by Crippen LogP contribution is -2.44. The van der Waals surface area contributed by atoms with Crippen molar-refractivity contribution in [1.82, 2.24) is 24.6 Å². The van der Waals surface area contributed by atoms with E-state index in [1.807, 2.05) is 24.8 Å². The number of aromatic nitrogens is 3. The molecule has 4 rings (SSSR count). The van der Waals surface area contributed by atoms with Gasteiger partial charge in [0.2, 0.25) is 5.91 Å². The third kappa shape index (κ3) is 3.90. The molecule has 0 radical (unpaired) electrons. The minimum Gasteiger partial charge on any atom is -0.385 e. The van der Waals surface area contributed by atoms with Crippen LogP contribution in [0.15, 0.2) is 24.3 Å². The molecule has 1 aromatic carbocycles. The minimum atomic E-state index is 0.0962. The summed E-state index contributed by atoms with van der Waals surface area (Å²) < 4.78 is 1.72. The van der Waals surface area contributed by atoms with E-state index >= 15 is 0 Å². The van der Waals surface area contributed by atoms with Crippen LogP contribution in [0.25, 0.3) is 0 Å². The van der Waals surface area contributed by atoms with Gasteiger partial charge in [-0.05, 0) is 51.8 Å². The minimum absolute atomic E-state index is 0.0962. The van der Waals surface area contributed by atoms with Crippen LogP contribution in [0.1, 0.15) is 36.5 Å². The Bertz CT molecular complexity index is 847. The molecule has 28 heavy (non-hydrogen) atoms. The lowest BCUT2D eigenvalue weighted by molar-refractivity contribution is -0.133. The number of rotatable bonds is 2. The van der Waals surface area contributed by atoms with Crippen LogP contribution in [0, 0.1) is 13.8 Å². The summed E-state index contributed by atoms with van der Waals surface area (Å²) in [6, 6.07) is 9.33. The largest absolute Gasteiger partial charge is 0.385 e. The first-order valence-electron chi connectivity index (χ1n) is 10.2. The predicted molar refractivity (Wildman–Crippen MR) is 109 cm³/mol. The molecule has 2 bridgehead atoms. The number of benzene rings is 1. The number of aryl methyl sites for hydroxylation is 2. The molecule has 1 saturated heterocycles. The molecule has 7 heteroatoms. The van der Waals surface area contributed by atoms with E-state index in [9.17, 15) is 4.79 Å². The van der Waals surface area contributed by atoms with Gasteiger partial charge in [0.25, 0.3) is 0 Å². The van der Waals surface area contributed by atoms with Gasteiger partial charge in [0, 0.05) is 37.4 Å². The maximum atomic E-state index is 13.3. The van der Waals surface area contributed by atoms with Gasteiger partial charge in [0.15, 0.2) is 0 Å². The van der Waals surface area contributed by atoms with Gasteiger partial charge in [-0.1, -0.05) is 18.2 Å². The summed E-state index contributed by atoms with van der Waals surface area (Å²) in [4.78, 5) is 22.1. The van der Waals surface area contributed by atoms with Gasteiger partial charge >= 0.3 is 0 Å². The molecule has 0 spiro atoms. The van der Waals surface area contributed by atoms with Crippen molar-refractivity contribution in [2.75, 3.05) is 25.5 Å². The first kappa shape index (κ1) is 18.9. The SMILES string of the molecule is Cc1nc(C)n(CC(=O)N2Cc3ccccc3NCC[C@@H]3CC[C@H](C2)N3C)n1. The summed E-state index contributed by atoms with van der Waals surface area (Å²) in [5.74, 6) is 1.58. The first-order valence-corrected chi connectivity index (χ1v) is 10.2. The maximum Gasteiger partial charge on any atom is 0.244 e. The highest BCUT2D eigenvalue weighted by Gasteiger charge is 2.33. The number of hydrogen-bond donors (Lipinski definition) is 1. The topological polar surface area (TPSA) is 66.3 Å². The summed E-state index contributed by atoms with van der Waals surface area (Å²) in [6.45, 7) is 6.33. The Morgan fingerprint density at radius 2 is 1.96 bits per heavy atom. The van der Waals surface area contributed by atoms with Crippen molar-refractivity contribution in [3.63, 3.8) is 0 Å². The van der Waals surface area contributed by atoms with E-state index in [1.165, 1.54) is 12.0 Å². The predicted octanol–water partition coefficient (Wildman–Crippen LogP) is 2.20. The number of nitrogens with zero attached hydrogens (tertiary/aromatic N) is 5. The Morgan fingerprint density at radius 1 is 1.18 bits per heavy atom. The van der Waals surface area contributed by atoms with Gasteiger partial charge in [-0.25, -0.2) is 9.67 Å². The smallest absolute Gasteiger partial charge is 0.244 e. The van der Waals surface area contributed by atoms with Crippen molar-refractivity contribution < 1.29 is 4.79 Å². The van der Waals surface area contributed by atoms with Gasteiger partial charge in [0.05, 0.1) is 0 Å². The number of hydrogen-bond acceptors (Lipinski definition) is 5. The van der Waals surface area contributed by atoms with Crippen molar-refractivity contribution >= 4 is 11.6 Å². The van der Waals surface area contributed by atoms with Crippen molar-refractivity contribution in [3.05, 3.63) is 41.5 Å². The Labute approximate surface area is 166 Å². The number of para-hydroxylation sites is 1. The molecule has 3 heterocycles. The Balaban J connectivity index is 1.61. The molecule has 2 aromatic rings. The fourth-order valence-electron chi connectivity index (χ4n) is 4.52. The molecule has 1 fully saturated rings. The zero-order valence-corrected chi connectivity index (χ0v) is 17.1. The quantitative estimate of drug-likeness (QED) is 0.863. The van der Waals surface area contributed by atoms with Gasteiger partial charge in [-0.3, -0.25) is 9.69 Å². The van der Waals surface area contributed by atoms with E-state index in [2.05, 4.69) is 45.5 Å². The number of carbonyl (C=O) groups is 1. The van der Waals surface area contributed by atoms with Crippen LogP contribution in [0.4, 0.5) is 5.69 Å². The van der Waals surface area contributed by atoms with E-state index in [0.29, 0.717) is 24.5 Å². The van der Waals surface area contributed by atoms with Crippen LogP contribution in [-0.2, 0) is 17.9 Å². The van der Waals surface area contributed by atoms with Crippen LogP contribution >= 0.6 is 0 Å². The van der Waals surface area contributed by atoms with Crippen LogP contribution in [0.3, 0.4) is 0 Å². The molecular formula is C21H30N6O. The molecule has 150 valence electrons. The Hall–Kier alpha value is -2.41. The van der Waals surface area contributed by atoms with Crippen LogP contribution in [0.2, 0.25) is 0 Å². The Kier molecular flexibility index (Phi) is 5.35. The lowest BCUT2D eigenvalue weighted by atomic mass is 10.1. The third-order valence-corrected chi connectivity index (χ3v) is 6.19. The van der Waals surface area contributed by atoms with Crippen molar-refractivity contribution in [1.29, 1.82) is 0 Å². The number of fused-ring (bicyclic) bond motifs is 3. The lowest BCUT2D eigenvalue weighted by Gasteiger charge is -2.31. The van der Waals surface area contributed by atoms with Crippen molar-refractivity contribution in [3.8, 4) is 0 Å². The number of likely N-dealkylation sites (N-methyl/N-ethyl adjacent to an activating group) is 1. The maximum absolute atomic E-state index is 13.3. The highest BCUT2D eigenvalue weighted by atomic mass is 16.2. The number of anilines is 1. The molecule has 1 N–H and O–H groups in total. The van der Waals surface area contributed by atoms with E-state index in [0.717, 1.165) is 37.4 Å². The van der Waals surface area contributed by atoms with Gasteiger partial charge in [0.1, 0.15) is 18.2 Å². The first-order chi connectivity index (χ1) is 13.5. The fourth-order valence-corrected chi connectivity index (χ4v) is 4.52. The van der Waals surface area contributed by atoms with E-state index < -0.39 is 0 Å². The summed E-state index contributed by atoms with van der Waals surface area (Å²) in [6.07, 6.45) is 3.48. The fraction of sp³-hybridized carbons (Fsp3) is 0.571. The van der Waals surface area contributed by atoms with Gasteiger partial charge < -0.3 is 10.2 Å². The highest BCUT2D eigenvalue weighted by molar-refractivity contribution is 5.76. The number of amides is 1. The monoisotopic (exact) mass is 382 g/mol. The zero-order chi connectivity index (χ0) is 19.7. The molecule has 0 saturated carbocycles. The van der Waals surface area contributed by atoms with Crippen LogP contribution in [0.5, 0.6) is 0 Å². The Morgan fingerprint density at radius 3 is 2.75 bits per heavy atom. The molecule has 1 aromatic heterocycles. The number of nitrogens with one attached hydrogen (secondary N) is 1. The molecule has 2 aliphatic heterocycles. The molecule has 7 nitrogen and oxygen atoms in total. The molecule has 2 atom stereocenters. The summed E-state index contributed by atoms with van der Waals surface area (Å²) >= 11 is 0.